The molecular weight excluding hydrogens is 262 g/mol. The summed E-state index contributed by atoms with van der Waals surface area (Å²) in [6.07, 6.45) is 1.43. The van der Waals surface area contributed by atoms with Crippen LogP contribution in [0.15, 0.2) is 5.38 Å². The van der Waals surface area contributed by atoms with E-state index in [0.29, 0.717) is 25.5 Å². The molecule has 2 aromatic rings. The van der Waals surface area contributed by atoms with Crippen LogP contribution < -0.4 is 11.3 Å². The number of hydrogen-bond donors (Lipinski definition) is 2. The number of nitrogen functional groups attached to an aromatic ring is 1. The Balaban J connectivity index is 1.93. The first-order chi connectivity index (χ1) is 9.26. The Morgan fingerprint density at radius 1 is 1.42 bits per heavy atom. The molecule has 0 radical (unpaired) electrons. The van der Waals surface area contributed by atoms with Crippen LogP contribution in [0.3, 0.4) is 0 Å². The normalized spacial score (nSPS) is 14.2. The van der Waals surface area contributed by atoms with Crippen molar-refractivity contribution in [2.75, 3.05) is 12.0 Å². The molecule has 0 amide bonds. The number of nitrogens with zero attached hydrogens (tertiary/aromatic N) is 3. The summed E-state index contributed by atoms with van der Waals surface area (Å²) in [4.78, 5) is 13.5. The number of thiazole rings is 1. The highest BCUT2D eigenvalue weighted by Gasteiger charge is 2.18. The molecule has 0 saturated heterocycles. The van der Waals surface area contributed by atoms with Gasteiger partial charge in [0.15, 0.2) is 0 Å². The molecule has 7 heteroatoms. The lowest BCUT2D eigenvalue weighted by Crippen LogP contribution is -2.20. The third-order valence-electron chi connectivity index (χ3n) is 3.01. The second-order valence-electron chi connectivity index (χ2n) is 4.40. The molecule has 0 fully saturated rings. The van der Waals surface area contributed by atoms with Gasteiger partial charge < -0.3 is 10.2 Å². The van der Waals surface area contributed by atoms with Crippen molar-refractivity contribution in [1.29, 1.82) is 0 Å². The Morgan fingerprint density at radius 2 is 2.32 bits per heavy atom. The molecule has 0 saturated carbocycles. The van der Waals surface area contributed by atoms with Crippen molar-refractivity contribution in [2.24, 2.45) is 5.84 Å². The van der Waals surface area contributed by atoms with Gasteiger partial charge >= 0.3 is 0 Å². The molecule has 0 unspecified atom stereocenters. The number of rotatable bonds is 3. The maximum atomic E-state index is 5.53. The van der Waals surface area contributed by atoms with Gasteiger partial charge in [-0.25, -0.2) is 20.8 Å². The minimum atomic E-state index is 0.519. The molecular formula is C12H15N5OS. The molecule has 3 rings (SSSR count). The van der Waals surface area contributed by atoms with Crippen molar-refractivity contribution >= 4 is 17.2 Å². The second kappa shape index (κ2) is 5.20. The summed E-state index contributed by atoms with van der Waals surface area (Å²) in [5, 5.41) is 3.09. The van der Waals surface area contributed by atoms with Crippen LogP contribution in [0.2, 0.25) is 0 Å². The van der Waals surface area contributed by atoms with Gasteiger partial charge in [-0.3, -0.25) is 0 Å². The SMILES string of the molecule is Cc1nc(Cc2nc3c(c(NN)n2)COCC3)cs1. The predicted molar refractivity (Wildman–Crippen MR) is 72.9 cm³/mol. The van der Waals surface area contributed by atoms with E-state index in [4.69, 9.17) is 10.6 Å². The van der Waals surface area contributed by atoms with Gasteiger partial charge in [-0.15, -0.1) is 11.3 Å². The molecule has 0 spiro atoms. The first-order valence-corrected chi connectivity index (χ1v) is 6.98. The molecule has 3 heterocycles. The first-order valence-electron chi connectivity index (χ1n) is 6.10. The quantitative estimate of drug-likeness (QED) is 0.647. The van der Waals surface area contributed by atoms with Crippen molar-refractivity contribution in [2.45, 2.75) is 26.4 Å². The first kappa shape index (κ1) is 12.5. The van der Waals surface area contributed by atoms with Gasteiger partial charge in [0.25, 0.3) is 0 Å². The van der Waals surface area contributed by atoms with Crippen LogP contribution in [-0.2, 0) is 24.2 Å². The van der Waals surface area contributed by atoms with Gasteiger partial charge in [0.1, 0.15) is 11.6 Å². The van der Waals surface area contributed by atoms with E-state index < -0.39 is 0 Å². The van der Waals surface area contributed by atoms with Crippen LogP contribution in [-0.4, -0.2) is 21.6 Å². The van der Waals surface area contributed by atoms with Crippen LogP contribution in [0.4, 0.5) is 5.82 Å². The third-order valence-corrected chi connectivity index (χ3v) is 3.83. The number of nitrogens with two attached hydrogens (primary N) is 1. The van der Waals surface area contributed by atoms with Crippen LogP contribution in [0, 0.1) is 6.92 Å². The number of aromatic nitrogens is 3. The van der Waals surface area contributed by atoms with E-state index in [-0.39, 0.29) is 0 Å². The minimum absolute atomic E-state index is 0.519. The Morgan fingerprint density at radius 3 is 3.05 bits per heavy atom. The summed E-state index contributed by atoms with van der Waals surface area (Å²) in [6.45, 7) is 3.21. The summed E-state index contributed by atoms with van der Waals surface area (Å²) in [7, 11) is 0. The number of hydrazine groups is 1. The minimum Gasteiger partial charge on any atom is -0.376 e. The predicted octanol–water partition coefficient (Wildman–Crippen LogP) is 1.19. The number of hydrogen-bond acceptors (Lipinski definition) is 7. The van der Waals surface area contributed by atoms with Crippen molar-refractivity contribution in [3.05, 3.63) is 33.2 Å². The standard InChI is InChI=1S/C12H15N5OS/c1-7-14-8(6-19-7)4-11-15-10-2-3-18-5-9(10)12(16-11)17-13/h6H,2-5,13H2,1H3,(H,15,16,17). The Kier molecular flexibility index (Phi) is 3.41. The lowest BCUT2D eigenvalue weighted by Gasteiger charge is -2.18. The second-order valence-corrected chi connectivity index (χ2v) is 5.46. The van der Waals surface area contributed by atoms with Gasteiger partial charge in [-0.2, -0.15) is 0 Å². The maximum absolute atomic E-state index is 5.53. The van der Waals surface area contributed by atoms with Crippen LogP contribution in [0.1, 0.15) is 27.8 Å². The van der Waals surface area contributed by atoms with E-state index in [1.807, 2.05) is 12.3 Å². The molecule has 1 aliphatic rings. The van der Waals surface area contributed by atoms with Gasteiger partial charge in [-0.05, 0) is 6.92 Å². The van der Waals surface area contributed by atoms with Crippen molar-refractivity contribution < 1.29 is 4.74 Å². The Labute approximate surface area is 115 Å². The van der Waals surface area contributed by atoms with E-state index in [1.54, 1.807) is 11.3 Å². The fourth-order valence-electron chi connectivity index (χ4n) is 2.13. The summed E-state index contributed by atoms with van der Waals surface area (Å²) in [6, 6.07) is 0. The van der Waals surface area contributed by atoms with E-state index in [1.165, 1.54) is 0 Å². The molecule has 0 bridgehead atoms. The van der Waals surface area contributed by atoms with Crippen molar-refractivity contribution in [3.63, 3.8) is 0 Å². The topological polar surface area (TPSA) is 86.0 Å². The van der Waals surface area contributed by atoms with Gasteiger partial charge in [0, 0.05) is 17.4 Å². The molecule has 1 aliphatic heterocycles. The lowest BCUT2D eigenvalue weighted by molar-refractivity contribution is 0.109. The molecule has 6 nitrogen and oxygen atoms in total. The number of ether oxygens (including phenoxy) is 1. The number of nitrogens with one attached hydrogen (secondary N) is 1. The molecule has 2 aromatic heterocycles. The van der Waals surface area contributed by atoms with Crippen LogP contribution >= 0.6 is 11.3 Å². The van der Waals surface area contributed by atoms with E-state index in [9.17, 15) is 0 Å². The van der Waals surface area contributed by atoms with E-state index >= 15 is 0 Å². The number of aryl methyl sites for hydroxylation is 1. The highest BCUT2D eigenvalue weighted by Crippen LogP contribution is 2.22. The van der Waals surface area contributed by atoms with Crippen LogP contribution in [0.25, 0.3) is 0 Å². The summed E-state index contributed by atoms with van der Waals surface area (Å²) < 4.78 is 5.41. The zero-order valence-corrected chi connectivity index (χ0v) is 11.5. The van der Waals surface area contributed by atoms with E-state index in [0.717, 1.165) is 34.2 Å². The van der Waals surface area contributed by atoms with Gasteiger partial charge in [0.2, 0.25) is 0 Å². The number of anilines is 1. The zero-order chi connectivity index (χ0) is 13.2. The lowest BCUT2D eigenvalue weighted by atomic mass is 10.1. The Hall–Kier alpha value is -1.57. The summed E-state index contributed by atoms with van der Waals surface area (Å²) in [5.41, 5.74) is 5.62. The fourth-order valence-corrected chi connectivity index (χ4v) is 2.75. The highest BCUT2D eigenvalue weighted by molar-refractivity contribution is 7.09. The van der Waals surface area contributed by atoms with Gasteiger partial charge in [-0.1, -0.05) is 0 Å². The number of fused-ring (bicyclic) bond motifs is 1. The summed E-state index contributed by atoms with van der Waals surface area (Å²) >= 11 is 1.64. The molecule has 100 valence electrons. The van der Waals surface area contributed by atoms with Gasteiger partial charge in [0.05, 0.1) is 36.0 Å². The van der Waals surface area contributed by atoms with E-state index in [2.05, 4.69) is 20.4 Å². The summed E-state index contributed by atoms with van der Waals surface area (Å²) in [5.74, 6) is 6.94. The largest absolute Gasteiger partial charge is 0.376 e. The average molecular weight is 277 g/mol. The Bertz CT molecular complexity index is 581. The smallest absolute Gasteiger partial charge is 0.149 e. The highest BCUT2D eigenvalue weighted by atomic mass is 32.1. The van der Waals surface area contributed by atoms with Crippen LogP contribution in [0.5, 0.6) is 0 Å². The zero-order valence-electron chi connectivity index (χ0n) is 10.6. The molecule has 0 atom stereocenters. The maximum Gasteiger partial charge on any atom is 0.149 e. The van der Waals surface area contributed by atoms with Crippen molar-refractivity contribution in [1.82, 2.24) is 15.0 Å². The van der Waals surface area contributed by atoms with Crippen molar-refractivity contribution in [3.8, 4) is 0 Å². The average Bonchev–Trinajstić information content (AvgIpc) is 2.83. The fraction of sp³-hybridized carbons (Fsp3) is 0.417. The molecule has 0 aliphatic carbocycles. The molecule has 3 N–H and O–H groups in total. The third kappa shape index (κ3) is 2.58. The molecule has 19 heavy (non-hydrogen) atoms. The monoisotopic (exact) mass is 277 g/mol. The molecule has 0 aromatic carbocycles.